The summed E-state index contributed by atoms with van der Waals surface area (Å²) in [7, 11) is 1.89. The topological polar surface area (TPSA) is 117 Å². The maximum atomic E-state index is 10.2. The summed E-state index contributed by atoms with van der Waals surface area (Å²) in [4.78, 5) is 9.34. The lowest BCUT2D eigenvalue weighted by atomic mass is 9.84. The molecule has 2 atom stereocenters. The molecule has 3 aromatic heterocycles. The van der Waals surface area contributed by atoms with Crippen molar-refractivity contribution in [1.29, 1.82) is 0 Å². The Bertz CT molecular complexity index is 965. The van der Waals surface area contributed by atoms with Gasteiger partial charge in [-0.3, -0.25) is 9.78 Å². The third-order valence-electron chi connectivity index (χ3n) is 6.11. The molecule has 1 fully saturated rings. The summed E-state index contributed by atoms with van der Waals surface area (Å²) >= 11 is 0. The van der Waals surface area contributed by atoms with E-state index in [1.54, 1.807) is 10.9 Å². The molecule has 0 unspecified atom stereocenters. The summed E-state index contributed by atoms with van der Waals surface area (Å²) in [5.74, 6) is 1.78. The van der Waals surface area contributed by atoms with Crippen molar-refractivity contribution in [3.05, 3.63) is 23.7 Å². The number of aliphatic hydroxyl groups is 1. The van der Waals surface area contributed by atoms with Gasteiger partial charge in [-0.25, -0.2) is 0 Å². The molecule has 0 amide bonds. The normalized spacial score (nSPS) is 19.3. The third kappa shape index (κ3) is 4.72. The Kier molecular flexibility index (Phi) is 6.47. The van der Waals surface area contributed by atoms with Crippen molar-refractivity contribution >= 4 is 22.8 Å². The molecule has 0 saturated heterocycles. The highest BCUT2D eigenvalue weighted by molar-refractivity contribution is 5.87. The van der Waals surface area contributed by atoms with Gasteiger partial charge in [0.2, 0.25) is 5.95 Å². The number of rotatable bonds is 9. The largest absolute Gasteiger partial charge is 0.393 e. The van der Waals surface area contributed by atoms with Crippen LogP contribution in [0.2, 0.25) is 0 Å². The zero-order valence-corrected chi connectivity index (χ0v) is 17.9. The summed E-state index contributed by atoms with van der Waals surface area (Å²) in [6.45, 7) is 3.60. The minimum atomic E-state index is -0.166. The average molecular weight is 413 g/mol. The van der Waals surface area contributed by atoms with E-state index in [9.17, 15) is 5.11 Å². The zero-order chi connectivity index (χ0) is 20.9. The van der Waals surface area contributed by atoms with Gasteiger partial charge in [-0.15, -0.1) is 0 Å². The molecular formula is C21H32N8O. The van der Waals surface area contributed by atoms with Crippen LogP contribution in [0.15, 0.2) is 12.4 Å². The van der Waals surface area contributed by atoms with Gasteiger partial charge >= 0.3 is 0 Å². The maximum absolute atomic E-state index is 10.2. The number of H-pyrrole nitrogens is 1. The van der Waals surface area contributed by atoms with Gasteiger partial charge in [0, 0.05) is 25.8 Å². The monoisotopic (exact) mass is 412 g/mol. The van der Waals surface area contributed by atoms with E-state index in [-0.39, 0.29) is 6.10 Å². The van der Waals surface area contributed by atoms with E-state index >= 15 is 0 Å². The van der Waals surface area contributed by atoms with Crippen LogP contribution in [0.25, 0.3) is 11.0 Å². The van der Waals surface area contributed by atoms with Crippen molar-refractivity contribution in [3.8, 4) is 0 Å². The highest BCUT2D eigenvalue weighted by atomic mass is 16.3. The number of nitrogens with zero attached hydrogens (tertiary/aromatic N) is 5. The van der Waals surface area contributed by atoms with Crippen LogP contribution < -0.4 is 10.6 Å². The molecule has 9 heteroatoms. The lowest BCUT2D eigenvalue weighted by Gasteiger charge is -2.27. The number of anilines is 2. The molecule has 0 radical (unpaired) electrons. The van der Waals surface area contributed by atoms with Gasteiger partial charge in [0.05, 0.1) is 23.9 Å². The van der Waals surface area contributed by atoms with Gasteiger partial charge in [-0.2, -0.15) is 20.2 Å². The predicted molar refractivity (Wildman–Crippen MR) is 118 cm³/mol. The van der Waals surface area contributed by atoms with E-state index in [4.69, 9.17) is 4.98 Å². The zero-order valence-electron chi connectivity index (χ0n) is 17.9. The predicted octanol–water partition coefficient (Wildman–Crippen LogP) is 2.79. The van der Waals surface area contributed by atoms with E-state index in [0.717, 1.165) is 74.2 Å². The van der Waals surface area contributed by atoms with Gasteiger partial charge in [-0.05, 0) is 50.5 Å². The van der Waals surface area contributed by atoms with Crippen molar-refractivity contribution in [1.82, 2.24) is 29.9 Å². The Morgan fingerprint density at radius 2 is 2.03 bits per heavy atom. The fourth-order valence-electron chi connectivity index (χ4n) is 4.24. The van der Waals surface area contributed by atoms with Crippen LogP contribution in [0.3, 0.4) is 0 Å². The number of aliphatic hydroxyl groups excluding tert-OH is 1. The maximum Gasteiger partial charge on any atom is 0.226 e. The molecule has 0 spiro atoms. The molecule has 0 aromatic carbocycles. The Labute approximate surface area is 176 Å². The molecule has 1 aliphatic rings. The summed E-state index contributed by atoms with van der Waals surface area (Å²) in [5, 5.41) is 29.3. The number of fused-ring (bicyclic) bond motifs is 1. The third-order valence-corrected chi connectivity index (χ3v) is 6.11. The number of aromatic nitrogens is 6. The van der Waals surface area contributed by atoms with Gasteiger partial charge < -0.3 is 15.7 Å². The Balaban J connectivity index is 1.37. The molecular weight excluding hydrogens is 380 g/mol. The number of nitrogens with one attached hydrogen (secondary N) is 3. The van der Waals surface area contributed by atoms with Crippen molar-refractivity contribution in [2.75, 3.05) is 23.7 Å². The second-order valence-corrected chi connectivity index (χ2v) is 8.28. The molecule has 3 aromatic rings. The Morgan fingerprint density at radius 3 is 2.83 bits per heavy atom. The molecule has 30 heavy (non-hydrogen) atoms. The van der Waals surface area contributed by atoms with Crippen LogP contribution in [0.1, 0.15) is 49.8 Å². The van der Waals surface area contributed by atoms with Crippen molar-refractivity contribution in [3.63, 3.8) is 0 Å². The number of hydrogen-bond donors (Lipinski definition) is 4. The SMILES string of the molecule is Cc1[nH]ncc1CCCNc1nc(NCC[C@@H]2CCCC[C@H]2O)c2cnn(C)c2n1. The van der Waals surface area contributed by atoms with Crippen molar-refractivity contribution < 1.29 is 5.11 Å². The summed E-state index contributed by atoms with van der Waals surface area (Å²) in [6.07, 6.45) is 10.8. The standard InChI is InChI=1S/C21H32N8O/c1-14-16(12-24-28-14)7-5-10-23-21-26-19(17-13-25-29(2)20(17)27-21)22-11-9-15-6-3-4-8-18(15)30/h12-13,15,18,30H,3-11H2,1-2H3,(H,24,28)(H2,22,23,26,27)/t15-,18+/m0/s1. The highest BCUT2D eigenvalue weighted by Gasteiger charge is 2.22. The quantitative estimate of drug-likeness (QED) is 0.399. The number of aryl methyl sites for hydroxylation is 3. The van der Waals surface area contributed by atoms with Gasteiger partial charge in [-0.1, -0.05) is 12.8 Å². The van der Waals surface area contributed by atoms with E-state index in [0.29, 0.717) is 11.9 Å². The van der Waals surface area contributed by atoms with E-state index in [2.05, 4.69) is 30.9 Å². The number of hydrogen-bond acceptors (Lipinski definition) is 7. The van der Waals surface area contributed by atoms with Crippen LogP contribution in [0, 0.1) is 12.8 Å². The highest BCUT2D eigenvalue weighted by Crippen LogP contribution is 2.27. The first-order chi connectivity index (χ1) is 14.6. The number of aromatic amines is 1. The van der Waals surface area contributed by atoms with Crippen molar-refractivity contribution in [2.24, 2.45) is 13.0 Å². The lowest BCUT2D eigenvalue weighted by Crippen LogP contribution is -2.26. The minimum absolute atomic E-state index is 0.166. The van der Waals surface area contributed by atoms with Gasteiger partial charge in [0.1, 0.15) is 5.82 Å². The molecule has 0 bridgehead atoms. The summed E-state index contributed by atoms with van der Waals surface area (Å²) < 4.78 is 1.77. The first kappa shape index (κ1) is 20.6. The van der Waals surface area contributed by atoms with Crippen molar-refractivity contribution in [2.45, 2.75) is 58.0 Å². The fourth-order valence-corrected chi connectivity index (χ4v) is 4.24. The molecule has 9 nitrogen and oxygen atoms in total. The second-order valence-electron chi connectivity index (χ2n) is 8.28. The van der Waals surface area contributed by atoms with E-state index in [1.165, 1.54) is 12.0 Å². The average Bonchev–Trinajstić information content (AvgIpc) is 3.32. The van der Waals surface area contributed by atoms with Crippen LogP contribution in [-0.2, 0) is 13.5 Å². The lowest BCUT2D eigenvalue weighted by molar-refractivity contribution is 0.0672. The van der Waals surface area contributed by atoms with Gasteiger partial charge in [0.25, 0.3) is 0 Å². The van der Waals surface area contributed by atoms with E-state index < -0.39 is 0 Å². The minimum Gasteiger partial charge on any atom is -0.393 e. The van der Waals surface area contributed by atoms with Crippen LogP contribution in [0.4, 0.5) is 11.8 Å². The first-order valence-electron chi connectivity index (χ1n) is 11.0. The Hall–Kier alpha value is -2.68. The molecule has 1 saturated carbocycles. The summed E-state index contributed by atoms with van der Waals surface area (Å²) in [5.41, 5.74) is 3.17. The second kappa shape index (κ2) is 9.42. The molecule has 3 heterocycles. The van der Waals surface area contributed by atoms with Crippen LogP contribution in [0.5, 0.6) is 0 Å². The van der Waals surface area contributed by atoms with Crippen LogP contribution in [-0.4, -0.2) is 54.2 Å². The first-order valence-corrected chi connectivity index (χ1v) is 11.0. The molecule has 4 rings (SSSR count). The Morgan fingerprint density at radius 1 is 1.17 bits per heavy atom. The molecule has 0 aliphatic heterocycles. The van der Waals surface area contributed by atoms with E-state index in [1.807, 2.05) is 20.2 Å². The molecule has 4 N–H and O–H groups in total. The van der Waals surface area contributed by atoms with Gasteiger partial charge in [0.15, 0.2) is 5.65 Å². The summed E-state index contributed by atoms with van der Waals surface area (Å²) in [6, 6.07) is 0. The smallest absolute Gasteiger partial charge is 0.226 e. The molecule has 1 aliphatic carbocycles. The van der Waals surface area contributed by atoms with Crippen LogP contribution >= 0.6 is 0 Å². The fraction of sp³-hybridized carbons (Fsp3) is 0.619. The molecule has 162 valence electrons.